The lowest BCUT2D eigenvalue weighted by Crippen LogP contribution is -2.39. The number of nitrogens with two attached hydrogens (primary N) is 3. The van der Waals surface area contributed by atoms with E-state index in [0.717, 1.165) is 0 Å². The van der Waals surface area contributed by atoms with Crippen LogP contribution in [0.3, 0.4) is 0 Å². The van der Waals surface area contributed by atoms with Gasteiger partial charge in [0.2, 0.25) is 0 Å². The Labute approximate surface area is 151 Å². The summed E-state index contributed by atoms with van der Waals surface area (Å²) in [6.45, 7) is 6.21. The van der Waals surface area contributed by atoms with Crippen molar-refractivity contribution >= 4 is 17.3 Å². The molecule has 0 radical (unpaired) electrons. The van der Waals surface area contributed by atoms with Crippen LogP contribution in [0, 0.1) is 0 Å². The Kier molecular flexibility index (Phi) is 21.8. The Morgan fingerprint density at radius 1 is 0.880 bits per heavy atom. The fourth-order valence-electron chi connectivity index (χ4n) is 1.55. The van der Waals surface area contributed by atoms with Gasteiger partial charge in [0.05, 0.1) is 12.1 Å². The maximum absolute atomic E-state index is 10.5. The van der Waals surface area contributed by atoms with Crippen molar-refractivity contribution in [2.45, 2.75) is 45.3 Å². The van der Waals surface area contributed by atoms with E-state index < -0.39 is 0 Å². The minimum absolute atomic E-state index is 0.0208. The highest BCUT2D eigenvalue weighted by Crippen LogP contribution is 1.86. The Morgan fingerprint density at radius 2 is 1.36 bits per heavy atom. The number of ketones is 3. The molecule has 0 aromatic rings. The largest absolute Gasteiger partial charge is 0.328 e. The van der Waals surface area contributed by atoms with Crippen molar-refractivity contribution in [1.82, 2.24) is 16.0 Å². The van der Waals surface area contributed by atoms with Crippen molar-refractivity contribution in [2.24, 2.45) is 17.2 Å². The molecule has 0 fully saturated rings. The van der Waals surface area contributed by atoms with Gasteiger partial charge in [-0.2, -0.15) is 0 Å². The number of carbonyl (C=O) groups excluding carboxylic acids is 3. The molecule has 9 nitrogen and oxygen atoms in total. The van der Waals surface area contributed by atoms with Crippen molar-refractivity contribution < 1.29 is 14.4 Å². The van der Waals surface area contributed by atoms with Crippen molar-refractivity contribution in [1.29, 1.82) is 0 Å². The molecule has 150 valence electrons. The molecule has 0 bridgehead atoms. The van der Waals surface area contributed by atoms with Crippen LogP contribution in [0.2, 0.25) is 0 Å². The maximum atomic E-state index is 10.5. The Balaban J connectivity index is -0.000000291. The van der Waals surface area contributed by atoms with Crippen molar-refractivity contribution in [2.75, 3.05) is 40.8 Å². The van der Waals surface area contributed by atoms with E-state index in [1.165, 1.54) is 13.8 Å². The first-order valence-electron chi connectivity index (χ1n) is 8.25. The van der Waals surface area contributed by atoms with E-state index in [1.54, 1.807) is 21.0 Å². The highest BCUT2D eigenvalue weighted by Gasteiger charge is 2.06. The van der Waals surface area contributed by atoms with E-state index >= 15 is 0 Å². The maximum Gasteiger partial charge on any atom is 0.147 e. The standard InChI is InChI=1S/C6H14N2O.2C5H12N2O/c1-5(9)3-6(7)4-8-2;1-4(8)5(6)3-7-2;1-4(8)5(3-6)7-2/h6,8H,3-4,7H2,1-2H3;2*5,7H,3,6H2,1-2H3. The van der Waals surface area contributed by atoms with Crippen LogP contribution >= 0.6 is 0 Å². The van der Waals surface area contributed by atoms with Gasteiger partial charge in [-0.15, -0.1) is 0 Å². The van der Waals surface area contributed by atoms with Crippen LogP contribution in [0.1, 0.15) is 27.2 Å². The van der Waals surface area contributed by atoms with E-state index in [-0.39, 0.29) is 35.5 Å². The van der Waals surface area contributed by atoms with Gasteiger partial charge in [-0.1, -0.05) is 0 Å². The molecule has 0 aliphatic carbocycles. The quantitative estimate of drug-likeness (QED) is 0.252. The summed E-state index contributed by atoms with van der Waals surface area (Å²) >= 11 is 0. The molecule has 0 spiro atoms. The zero-order valence-corrected chi connectivity index (χ0v) is 16.5. The molecule has 9 heteroatoms. The number of likely N-dealkylation sites (N-methyl/N-ethyl adjacent to an activating group) is 3. The average Bonchev–Trinajstić information content (AvgIpc) is 2.49. The zero-order valence-electron chi connectivity index (χ0n) is 16.5. The predicted octanol–water partition coefficient (Wildman–Crippen LogP) is -2.24. The third-order valence-electron chi connectivity index (χ3n) is 3.04. The monoisotopic (exact) mass is 362 g/mol. The minimum Gasteiger partial charge on any atom is -0.328 e. The van der Waals surface area contributed by atoms with E-state index in [1.807, 2.05) is 7.05 Å². The predicted molar refractivity (Wildman–Crippen MR) is 102 cm³/mol. The number of hydrogen-bond donors (Lipinski definition) is 6. The van der Waals surface area contributed by atoms with E-state index in [9.17, 15) is 14.4 Å². The van der Waals surface area contributed by atoms with Crippen LogP contribution in [0.5, 0.6) is 0 Å². The second-order valence-corrected chi connectivity index (χ2v) is 5.69. The third kappa shape index (κ3) is 22.8. The normalized spacial score (nSPS) is 13.3. The number of nitrogens with one attached hydrogen (secondary N) is 3. The van der Waals surface area contributed by atoms with Gasteiger partial charge in [-0.05, 0) is 41.9 Å². The number of Topliss-reactive ketones (excluding diaryl/α,β-unsaturated/α-hetero) is 3. The van der Waals surface area contributed by atoms with E-state index in [4.69, 9.17) is 17.2 Å². The number of carbonyl (C=O) groups is 3. The number of rotatable bonds is 10. The highest BCUT2D eigenvalue weighted by atomic mass is 16.1. The van der Waals surface area contributed by atoms with Crippen molar-refractivity contribution in [3.05, 3.63) is 0 Å². The van der Waals surface area contributed by atoms with Crippen LogP contribution in [-0.4, -0.2) is 76.3 Å². The molecule has 0 rings (SSSR count). The van der Waals surface area contributed by atoms with Crippen LogP contribution in [-0.2, 0) is 14.4 Å². The molecule has 0 saturated heterocycles. The molecule has 0 aromatic heterocycles. The molecule has 0 saturated carbocycles. The molecule has 3 atom stereocenters. The van der Waals surface area contributed by atoms with Crippen molar-refractivity contribution in [3.8, 4) is 0 Å². The fraction of sp³-hybridized carbons (Fsp3) is 0.812. The first kappa shape index (κ1) is 28.6. The summed E-state index contributed by atoms with van der Waals surface area (Å²) in [4.78, 5) is 31.3. The Morgan fingerprint density at radius 3 is 1.52 bits per heavy atom. The molecule has 25 heavy (non-hydrogen) atoms. The van der Waals surface area contributed by atoms with Gasteiger partial charge < -0.3 is 33.2 Å². The molecule has 9 N–H and O–H groups in total. The van der Waals surface area contributed by atoms with Crippen LogP contribution in [0.25, 0.3) is 0 Å². The Hall–Kier alpha value is -1.23. The second kappa shape index (κ2) is 19.1. The number of hydrogen-bond acceptors (Lipinski definition) is 9. The zero-order chi connectivity index (χ0) is 20.4. The first-order chi connectivity index (χ1) is 11.6. The fourth-order valence-corrected chi connectivity index (χ4v) is 1.55. The minimum atomic E-state index is -0.333. The van der Waals surface area contributed by atoms with Crippen LogP contribution in [0.15, 0.2) is 0 Å². The summed E-state index contributed by atoms with van der Waals surface area (Å²) in [6.07, 6.45) is 0.473. The average molecular weight is 363 g/mol. The van der Waals surface area contributed by atoms with Gasteiger partial charge in [0.1, 0.15) is 17.3 Å². The van der Waals surface area contributed by atoms with E-state index in [2.05, 4.69) is 16.0 Å². The molecule has 0 aliphatic heterocycles. The SMILES string of the molecule is CNC(CN)C(C)=O.CNCC(N)C(C)=O.CNCC(N)CC(C)=O. The van der Waals surface area contributed by atoms with Gasteiger partial charge in [0, 0.05) is 32.1 Å². The van der Waals surface area contributed by atoms with Gasteiger partial charge in [0.25, 0.3) is 0 Å². The van der Waals surface area contributed by atoms with Gasteiger partial charge in [-0.25, -0.2) is 0 Å². The topological polar surface area (TPSA) is 165 Å². The summed E-state index contributed by atoms with van der Waals surface area (Å²) in [5, 5.41) is 8.48. The van der Waals surface area contributed by atoms with Crippen molar-refractivity contribution in [3.63, 3.8) is 0 Å². The van der Waals surface area contributed by atoms with Crippen LogP contribution in [0.4, 0.5) is 0 Å². The molecular formula is C16H38N6O3. The lowest BCUT2D eigenvalue weighted by molar-refractivity contribution is -0.119. The lowest BCUT2D eigenvalue weighted by atomic mass is 10.2. The van der Waals surface area contributed by atoms with Gasteiger partial charge in [0.15, 0.2) is 0 Å². The first-order valence-corrected chi connectivity index (χ1v) is 8.25. The Bertz CT molecular complexity index is 362. The lowest BCUT2D eigenvalue weighted by Gasteiger charge is -2.07. The summed E-state index contributed by atoms with van der Waals surface area (Å²) in [5.74, 6) is 0.270. The summed E-state index contributed by atoms with van der Waals surface area (Å²) in [6, 6.07) is -0.512. The van der Waals surface area contributed by atoms with E-state index in [0.29, 0.717) is 26.1 Å². The summed E-state index contributed by atoms with van der Waals surface area (Å²) in [7, 11) is 5.31. The molecule has 0 heterocycles. The van der Waals surface area contributed by atoms with Gasteiger partial charge >= 0.3 is 0 Å². The van der Waals surface area contributed by atoms with Gasteiger partial charge in [-0.3, -0.25) is 14.4 Å². The molecule has 0 amide bonds. The molecular weight excluding hydrogens is 324 g/mol. The third-order valence-corrected chi connectivity index (χ3v) is 3.04. The summed E-state index contributed by atoms with van der Waals surface area (Å²) < 4.78 is 0. The van der Waals surface area contributed by atoms with Crippen LogP contribution < -0.4 is 33.2 Å². The molecule has 0 aromatic carbocycles. The highest BCUT2D eigenvalue weighted by molar-refractivity contribution is 5.81. The molecule has 0 aliphatic rings. The second-order valence-electron chi connectivity index (χ2n) is 5.69. The smallest absolute Gasteiger partial charge is 0.147 e. The summed E-state index contributed by atoms with van der Waals surface area (Å²) in [5.41, 5.74) is 16.0. The molecule has 3 unspecified atom stereocenters.